The number of nitrogens with two attached hydrogens (primary N) is 1. The van der Waals surface area contributed by atoms with Gasteiger partial charge in [-0.1, -0.05) is 23.7 Å². The number of likely N-dealkylation sites (tertiary alicyclic amines) is 1. The lowest BCUT2D eigenvalue weighted by Gasteiger charge is -2.46. The summed E-state index contributed by atoms with van der Waals surface area (Å²) < 4.78 is 0. The molecule has 1 aliphatic carbocycles. The second-order valence-corrected chi connectivity index (χ2v) is 11.1. The molecule has 0 bridgehead atoms. The van der Waals surface area contributed by atoms with Crippen LogP contribution in [0, 0.1) is 17.0 Å². The third-order valence-electron chi connectivity index (χ3n) is 8.67. The van der Waals surface area contributed by atoms with Gasteiger partial charge in [0.2, 0.25) is 5.91 Å². The van der Waals surface area contributed by atoms with Gasteiger partial charge < -0.3 is 16.3 Å². The molecule has 194 valence electrons. The van der Waals surface area contributed by atoms with E-state index in [1.165, 1.54) is 11.1 Å². The van der Waals surface area contributed by atoms with Crippen LogP contribution in [0.25, 0.3) is 0 Å². The standard InChI is InChI=1S/C27H37ClN6O2/c1-30-26(35)24-17-27(24,20-2-4-22(28)5-3-20)21-7-14-33(15-8-21)34(36)23-9-12-32(13-10-23)18-19-6-11-31-25(29)16-19/h2-6,11,16,21,23-24,34H,7-10,12-15,17-18H2,1H3,(H2,29,31)(H,30,35)/t24-,27+/m0/s1. The fraction of sp³-hybridized carbons (Fsp3) is 0.556. The fourth-order valence-corrected chi connectivity index (χ4v) is 6.73. The minimum Gasteiger partial charge on any atom is -0.613 e. The van der Waals surface area contributed by atoms with Crippen molar-refractivity contribution in [2.45, 2.75) is 50.1 Å². The molecule has 3 atom stereocenters. The number of benzene rings is 1. The van der Waals surface area contributed by atoms with E-state index in [1.54, 1.807) is 13.2 Å². The summed E-state index contributed by atoms with van der Waals surface area (Å²) >= 11 is 6.14. The van der Waals surface area contributed by atoms with Crippen LogP contribution in [0.4, 0.5) is 5.82 Å². The maximum absolute atomic E-state index is 13.4. The Labute approximate surface area is 218 Å². The van der Waals surface area contributed by atoms with Gasteiger partial charge in [-0.2, -0.15) is 5.01 Å². The van der Waals surface area contributed by atoms with Crippen LogP contribution in [0.1, 0.15) is 43.2 Å². The van der Waals surface area contributed by atoms with Crippen molar-refractivity contribution >= 4 is 23.3 Å². The van der Waals surface area contributed by atoms with Crippen molar-refractivity contribution in [2.75, 3.05) is 39.0 Å². The number of rotatable bonds is 7. The first-order valence-electron chi connectivity index (χ1n) is 13.1. The molecule has 0 radical (unpaired) electrons. The van der Waals surface area contributed by atoms with Gasteiger partial charge in [-0.05, 0) is 60.6 Å². The molecule has 3 aliphatic rings. The van der Waals surface area contributed by atoms with E-state index in [2.05, 4.69) is 32.3 Å². The second kappa shape index (κ2) is 10.6. The van der Waals surface area contributed by atoms with Crippen molar-refractivity contribution in [3.63, 3.8) is 0 Å². The van der Waals surface area contributed by atoms with E-state index in [-0.39, 0.29) is 23.3 Å². The maximum Gasteiger partial charge on any atom is 0.223 e. The molecule has 2 aliphatic heterocycles. The first-order valence-corrected chi connectivity index (χ1v) is 13.5. The average Bonchev–Trinajstić information content (AvgIpc) is 3.66. The smallest absolute Gasteiger partial charge is 0.223 e. The van der Waals surface area contributed by atoms with Crippen LogP contribution >= 0.6 is 11.6 Å². The van der Waals surface area contributed by atoms with Gasteiger partial charge >= 0.3 is 0 Å². The third kappa shape index (κ3) is 5.10. The number of hydrogen-bond donors (Lipinski definition) is 3. The summed E-state index contributed by atoms with van der Waals surface area (Å²) in [7, 11) is 1.71. The van der Waals surface area contributed by atoms with Crippen LogP contribution < -0.4 is 16.2 Å². The van der Waals surface area contributed by atoms with E-state index in [9.17, 15) is 10.0 Å². The Bertz CT molecular complexity index is 1050. The van der Waals surface area contributed by atoms with Crippen LogP contribution in [0.2, 0.25) is 5.02 Å². The highest BCUT2D eigenvalue weighted by Gasteiger charge is 2.63. The molecule has 1 aromatic heterocycles. The molecule has 2 aromatic rings. The van der Waals surface area contributed by atoms with Gasteiger partial charge in [-0.3, -0.25) is 14.9 Å². The number of piperidine rings is 2. The molecule has 1 amide bonds. The van der Waals surface area contributed by atoms with Gasteiger partial charge in [-0.25, -0.2) is 4.98 Å². The van der Waals surface area contributed by atoms with E-state index < -0.39 is 0 Å². The molecule has 3 fully saturated rings. The van der Waals surface area contributed by atoms with Crippen LogP contribution in [-0.4, -0.2) is 60.1 Å². The number of amides is 1. The Hall–Kier alpha value is -2.23. The molecule has 5 rings (SSSR count). The lowest BCUT2D eigenvalue weighted by Crippen LogP contribution is -3.18. The van der Waals surface area contributed by atoms with Gasteiger partial charge in [0.15, 0.2) is 0 Å². The maximum atomic E-state index is 13.4. The van der Waals surface area contributed by atoms with Crippen molar-refractivity contribution in [3.8, 4) is 0 Å². The van der Waals surface area contributed by atoms with E-state index in [0.717, 1.165) is 64.8 Å². The molecule has 9 heteroatoms. The predicted octanol–water partition coefficient (Wildman–Crippen LogP) is 2.00. The minimum atomic E-state index is -0.137. The molecule has 3 heterocycles. The number of aromatic nitrogens is 1. The molecule has 1 unspecified atom stereocenters. The number of quaternary nitrogens is 1. The Morgan fingerprint density at radius 2 is 1.86 bits per heavy atom. The van der Waals surface area contributed by atoms with Crippen molar-refractivity contribution < 1.29 is 9.97 Å². The Balaban J connectivity index is 1.16. The second-order valence-electron chi connectivity index (χ2n) is 10.7. The van der Waals surface area contributed by atoms with Crippen molar-refractivity contribution in [1.29, 1.82) is 0 Å². The van der Waals surface area contributed by atoms with E-state index >= 15 is 0 Å². The summed E-state index contributed by atoms with van der Waals surface area (Å²) in [6, 6.07) is 12.0. The number of hydrogen-bond acceptors (Lipinski definition) is 6. The largest absolute Gasteiger partial charge is 0.613 e. The fourth-order valence-electron chi connectivity index (χ4n) is 6.61. The van der Waals surface area contributed by atoms with Crippen LogP contribution in [-0.2, 0) is 16.8 Å². The third-order valence-corrected chi connectivity index (χ3v) is 8.92. The molecular weight excluding hydrogens is 476 g/mol. The number of anilines is 1. The Kier molecular flexibility index (Phi) is 7.51. The van der Waals surface area contributed by atoms with Gasteiger partial charge in [0.1, 0.15) is 11.9 Å². The first kappa shape index (κ1) is 25.4. The zero-order valence-electron chi connectivity index (χ0n) is 21.0. The number of nitrogens with one attached hydrogen (secondary N) is 2. The molecule has 0 spiro atoms. The lowest BCUT2D eigenvalue weighted by molar-refractivity contribution is -0.996. The van der Waals surface area contributed by atoms with E-state index in [0.29, 0.717) is 21.9 Å². The topological polar surface area (TPSA) is 102 Å². The molecular formula is C27H37ClN6O2. The van der Waals surface area contributed by atoms with Gasteiger partial charge in [0, 0.05) is 75.2 Å². The summed E-state index contributed by atoms with van der Waals surface area (Å²) in [4.78, 5) is 19.1. The number of nitrogens with zero attached hydrogens (tertiary/aromatic N) is 3. The highest BCUT2D eigenvalue weighted by molar-refractivity contribution is 6.30. The van der Waals surface area contributed by atoms with Crippen LogP contribution in [0.3, 0.4) is 0 Å². The summed E-state index contributed by atoms with van der Waals surface area (Å²) in [5, 5.41) is 19.3. The normalized spacial score (nSPS) is 27.0. The van der Waals surface area contributed by atoms with Crippen molar-refractivity contribution in [1.82, 2.24) is 20.2 Å². The summed E-state index contributed by atoms with van der Waals surface area (Å²) in [5.41, 5.74) is 8.04. The number of pyridine rings is 1. The number of carbonyl (C=O) groups excluding carboxylic acids is 1. The van der Waals surface area contributed by atoms with Gasteiger partial charge in [-0.15, -0.1) is 0 Å². The molecule has 2 saturated heterocycles. The zero-order chi connectivity index (χ0) is 25.3. The SMILES string of the molecule is CNC(=O)[C@@H]1C[C@@]1(c1ccc(Cl)cc1)C1CCN([NH+]([O-])C2CCN(Cc3ccnc(N)c3)CC2)CC1. The Morgan fingerprint density at radius 1 is 1.17 bits per heavy atom. The van der Waals surface area contributed by atoms with Crippen molar-refractivity contribution in [3.05, 3.63) is 64.0 Å². The average molecular weight is 513 g/mol. The molecule has 1 aromatic carbocycles. The van der Waals surface area contributed by atoms with Gasteiger partial charge in [0.25, 0.3) is 0 Å². The van der Waals surface area contributed by atoms with Gasteiger partial charge in [0.05, 0.1) is 0 Å². The molecule has 4 N–H and O–H groups in total. The van der Waals surface area contributed by atoms with Crippen LogP contribution in [0.5, 0.6) is 0 Å². The van der Waals surface area contributed by atoms with Crippen LogP contribution in [0.15, 0.2) is 42.6 Å². The summed E-state index contributed by atoms with van der Waals surface area (Å²) in [5.74, 6) is 1.05. The monoisotopic (exact) mass is 512 g/mol. The predicted molar refractivity (Wildman–Crippen MR) is 141 cm³/mol. The lowest BCUT2D eigenvalue weighted by atomic mass is 9.75. The van der Waals surface area contributed by atoms with Crippen molar-refractivity contribution in [2.24, 2.45) is 11.8 Å². The molecule has 36 heavy (non-hydrogen) atoms. The summed E-state index contributed by atoms with van der Waals surface area (Å²) in [6.45, 7) is 4.23. The highest BCUT2D eigenvalue weighted by Crippen LogP contribution is 2.61. The first-order chi connectivity index (χ1) is 17.4. The zero-order valence-corrected chi connectivity index (χ0v) is 21.7. The Morgan fingerprint density at radius 3 is 2.50 bits per heavy atom. The van der Waals surface area contributed by atoms with E-state index in [1.807, 2.05) is 24.3 Å². The quantitative estimate of drug-likeness (QED) is 0.490. The number of halogens is 1. The summed E-state index contributed by atoms with van der Waals surface area (Å²) in [6.07, 6.45) is 6.28. The molecule has 8 nitrogen and oxygen atoms in total. The number of hydroxylamine groups is 1. The number of carbonyl (C=O) groups is 1. The number of nitrogen functional groups attached to an aromatic ring is 1. The van der Waals surface area contributed by atoms with E-state index in [4.69, 9.17) is 17.3 Å². The minimum absolute atomic E-state index is 0.00370. The highest BCUT2D eigenvalue weighted by atomic mass is 35.5. The molecule has 1 saturated carbocycles.